The molecule has 3 rings (SSSR count). The summed E-state index contributed by atoms with van der Waals surface area (Å²) in [6, 6.07) is 10.7. The SMILES string of the molecule is CCCCNC(=O)c1ccc(NC(=O)C2CN(c3cccnn3)C2)cc1. The number of aromatic nitrogens is 2. The molecule has 2 N–H and O–H groups in total. The summed E-state index contributed by atoms with van der Waals surface area (Å²) in [4.78, 5) is 26.3. The standard InChI is InChI=1S/C19H23N5O2/c1-2-3-10-20-18(25)14-6-8-16(9-7-14)22-19(26)15-12-24(13-15)17-5-4-11-21-23-17/h4-9,11,15H,2-3,10,12-13H2,1H3,(H,20,25)(H,22,26). The van der Waals surface area contributed by atoms with E-state index in [9.17, 15) is 9.59 Å². The van der Waals surface area contributed by atoms with Gasteiger partial charge in [-0.25, -0.2) is 0 Å². The topological polar surface area (TPSA) is 87.2 Å². The van der Waals surface area contributed by atoms with E-state index in [1.54, 1.807) is 30.5 Å². The van der Waals surface area contributed by atoms with Crippen LogP contribution in [-0.4, -0.2) is 41.6 Å². The Labute approximate surface area is 152 Å². The summed E-state index contributed by atoms with van der Waals surface area (Å²) in [7, 11) is 0. The fourth-order valence-corrected chi connectivity index (χ4v) is 2.72. The molecule has 1 saturated heterocycles. The number of hydrogen-bond donors (Lipinski definition) is 2. The van der Waals surface area contributed by atoms with E-state index < -0.39 is 0 Å². The number of carbonyl (C=O) groups is 2. The van der Waals surface area contributed by atoms with Gasteiger partial charge in [0.05, 0.1) is 5.92 Å². The second kappa shape index (κ2) is 8.42. The van der Waals surface area contributed by atoms with Crippen molar-refractivity contribution in [2.75, 3.05) is 29.9 Å². The molecule has 0 saturated carbocycles. The van der Waals surface area contributed by atoms with Crippen molar-refractivity contribution < 1.29 is 9.59 Å². The molecule has 2 amide bonds. The number of anilines is 2. The van der Waals surface area contributed by atoms with Gasteiger partial charge in [0.1, 0.15) is 0 Å². The summed E-state index contributed by atoms with van der Waals surface area (Å²) in [6.07, 6.45) is 3.63. The molecule has 1 aliphatic rings. The van der Waals surface area contributed by atoms with Gasteiger partial charge in [0.15, 0.2) is 5.82 Å². The minimum atomic E-state index is -0.0880. The summed E-state index contributed by atoms with van der Waals surface area (Å²) in [6.45, 7) is 4.01. The molecule has 7 nitrogen and oxygen atoms in total. The highest BCUT2D eigenvalue weighted by Gasteiger charge is 2.33. The number of amides is 2. The second-order valence-corrected chi connectivity index (χ2v) is 6.36. The molecule has 0 unspecified atom stereocenters. The lowest BCUT2D eigenvalue weighted by Gasteiger charge is -2.38. The van der Waals surface area contributed by atoms with Gasteiger partial charge in [-0.05, 0) is 42.8 Å². The van der Waals surface area contributed by atoms with Crippen LogP contribution in [0.15, 0.2) is 42.6 Å². The Morgan fingerprint density at radius 1 is 1.19 bits per heavy atom. The number of nitrogens with one attached hydrogen (secondary N) is 2. The van der Waals surface area contributed by atoms with Gasteiger partial charge in [-0.2, -0.15) is 5.10 Å². The summed E-state index contributed by atoms with van der Waals surface area (Å²) in [5.74, 6) is 0.601. The third-order valence-electron chi connectivity index (χ3n) is 4.37. The first-order chi connectivity index (χ1) is 12.7. The average Bonchev–Trinajstić information content (AvgIpc) is 2.62. The predicted octanol–water partition coefficient (Wildman–Crippen LogP) is 2.08. The van der Waals surface area contributed by atoms with E-state index in [4.69, 9.17) is 0 Å². The summed E-state index contributed by atoms with van der Waals surface area (Å²) in [5.41, 5.74) is 1.29. The highest BCUT2D eigenvalue weighted by molar-refractivity contribution is 5.96. The van der Waals surface area contributed by atoms with E-state index in [0.29, 0.717) is 30.9 Å². The van der Waals surface area contributed by atoms with Crippen LogP contribution < -0.4 is 15.5 Å². The maximum absolute atomic E-state index is 12.3. The van der Waals surface area contributed by atoms with Crippen molar-refractivity contribution in [1.82, 2.24) is 15.5 Å². The van der Waals surface area contributed by atoms with Crippen molar-refractivity contribution in [3.05, 3.63) is 48.2 Å². The largest absolute Gasteiger partial charge is 0.353 e. The molecule has 1 fully saturated rings. The van der Waals surface area contributed by atoms with Crippen LogP contribution in [0.3, 0.4) is 0 Å². The molecule has 0 spiro atoms. The Kier molecular flexibility index (Phi) is 5.78. The number of unbranched alkanes of at least 4 members (excludes halogenated alkanes) is 1. The summed E-state index contributed by atoms with van der Waals surface area (Å²) in [5, 5.41) is 13.7. The third kappa shape index (κ3) is 4.36. The molecule has 2 aromatic rings. The lowest BCUT2D eigenvalue weighted by Crippen LogP contribution is -2.52. The number of nitrogens with zero attached hydrogens (tertiary/aromatic N) is 3. The first kappa shape index (κ1) is 17.8. The summed E-state index contributed by atoms with van der Waals surface area (Å²) < 4.78 is 0. The Morgan fingerprint density at radius 2 is 1.96 bits per heavy atom. The summed E-state index contributed by atoms with van der Waals surface area (Å²) >= 11 is 0. The minimum absolute atomic E-state index is 0.0229. The Hall–Kier alpha value is -2.96. The number of carbonyl (C=O) groups excluding carboxylic acids is 2. The van der Waals surface area contributed by atoms with Gasteiger partial charge in [0, 0.05) is 37.1 Å². The monoisotopic (exact) mass is 353 g/mol. The van der Waals surface area contributed by atoms with Gasteiger partial charge in [-0.3, -0.25) is 9.59 Å². The molecule has 0 aliphatic carbocycles. The number of hydrogen-bond acceptors (Lipinski definition) is 5. The van der Waals surface area contributed by atoms with Crippen molar-refractivity contribution in [1.29, 1.82) is 0 Å². The molecule has 0 radical (unpaired) electrons. The second-order valence-electron chi connectivity index (χ2n) is 6.36. The Balaban J connectivity index is 1.47. The lowest BCUT2D eigenvalue weighted by atomic mass is 9.99. The van der Waals surface area contributed by atoms with E-state index in [1.165, 1.54) is 0 Å². The third-order valence-corrected chi connectivity index (χ3v) is 4.37. The lowest BCUT2D eigenvalue weighted by molar-refractivity contribution is -0.120. The van der Waals surface area contributed by atoms with Gasteiger partial charge in [-0.15, -0.1) is 5.10 Å². The van der Waals surface area contributed by atoms with Gasteiger partial charge >= 0.3 is 0 Å². The average molecular weight is 353 g/mol. The molecule has 0 atom stereocenters. The first-order valence-electron chi connectivity index (χ1n) is 8.89. The van der Waals surface area contributed by atoms with E-state index in [1.807, 2.05) is 17.0 Å². The van der Waals surface area contributed by atoms with E-state index in [2.05, 4.69) is 27.8 Å². The van der Waals surface area contributed by atoms with E-state index in [-0.39, 0.29) is 17.7 Å². The van der Waals surface area contributed by atoms with Crippen molar-refractivity contribution in [3.8, 4) is 0 Å². The van der Waals surface area contributed by atoms with Crippen LogP contribution in [-0.2, 0) is 4.79 Å². The van der Waals surface area contributed by atoms with Crippen molar-refractivity contribution in [2.24, 2.45) is 5.92 Å². The fourth-order valence-electron chi connectivity index (χ4n) is 2.72. The van der Waals surface area contributed by atoms with E-state index >= 15 is 0 Å². The van der Waals surface area contributed by atoms with Crippen LogP contribution in [0.2, 0.25) is 0 Å². The highest BCUT2D eigenvalue weighted by atomic mass is 16.2. The zero-order valence-electron chi connectivity index (χ0n) is 14.8. The van der Waals surface area contributed by atoms with Crippen LogP contribution >= 0.6 is 0 Å². The van der Waals surface area contributed by atoms with Crippen LogP contribution in [0.4, 0.5) is 11.5 Å². The molecule has 7 heteroatoms. The van der Waals surface area contributed by atoms with Gasteiger partial charge in [0.25, 0.3) is 5.91 Å². The van der Waals surface area contributed by atoms with Crippen molar-refractivity contribution in [3.63, 3.8) is 0 Å². The number of rotatable bonds is 7. The molecule has 1 aliphatic heterocycles. The van der Waals surface area contributed by atoms with Gasteiger partial charge in [-0.1, -0.05) is 13.3 Å². The molecule has 136 valence electrons. The molecular weight excluding hydrogens is 330 g/mol. The molecular formula is C19H23N5O2. The molecule has 0 bridgehead atoms. The minimum Gasteiger partial charge on any atom is -0.353 e. The maximum Gasteiger partial charge on any atom is 0.251 e. The first-order valence-corrected chi connectivity index (χ1v) is 8.89. The van der Waals surface area contributed by atoms with Crippen LogP contribution in [0.1, 0.15) is 30.1 Å². The Morgan fingerprint density at radius 3 is 2.62 bits per heavy atom. The van der Waals surface area contributed by atoms with Gasteiger partial charge < -0.3 is 15.5 Å². The molecule has 1 aromatic heterocycles. The normalized spacial score (nSPS) is 13.8. The highest BCUT2D eigenvalue weighted by Crippen LogP contribution is 2.23. The van der Waals surface area contributed by atoms with Gasteiger partial charge in [0.2, 0.25) is 5.91 Å². The quantitative estimate of drug-likeness (QED) is 0.744. The van der Waals surface area contributed by atoms with E-state index in [0.717, 1.165) is 18.7 Å². The molecule has 2 heterocycles. The van der Waals surface area contributed by atoms with Crippen LogP contribution in [0.5, 0.6) is 0 Å². The fraction of sp³-hybridized carbons (Fsp3) is 0.368. The predicted molar refractivity (Wildman–Crippen MR) is 100 cm³/mol. The zero-order valence-corrected chi connectivity index (χ0v) is 14.8. The zero-order chi connectivity index (χ0) is 18.4. The van der Waals surface area contributed by atoms with Crippen LogP contribution in [0, 0.1) is 5.92 Å². The Bertz CT molecular complexity index is 742. The molecule has 26 heavy (non-hydrogen) atoms. The van der Waals surface area contributed by atoms with Crippen molar-refractivity contribution >= 4 is 23.3 Å². The van der Waals surface area contributed by atoms with Crippen LogP contribution in [0.25, 0.3) is 0 Å². The van der Waals surface area contributed by atoms with Crippen molar-refractivity contribution in [2.45, 2.75) is 19.8 Å². The number of benzene rings is 1. The maximum atomic E-state index is 12.3. The molecule has 1 aromatic carbocycles. The smallest absolute Gasteiger partial charge is 0.251 e.